The maximum Gasteiger partial charge on any atom is 0.0411 e. The minimum atomic E-state index is 0.552. The molecule has 0 N–H and O–H groups in total. The molecule has 1 rings (SSSR count). The van der Waals surface area contributed by atoms with Gasteiger partial charge in [0.2, 0.25) is 0 Å². The first-order chi connectivity index (χ1) is 7.97. The van der Waals surface area contributed by atoms with Crippen LogP contribution in [0.2, 0.25) is 5.02 Å². The summed E-state index contributed by atoms with van der Waals surface area (Å²) in [6.07, 6.45) is 1.10. The molecule has 0 aliphatic carbocycles. The zero-order valence-electron chi connectivity index (χ0n) is 12.4. The summed E-state index contributed by atoms with van der Waals surface area (Å²) in [7, 11) is 0. The molecule has 0 atom stereocenters. The van der Waals surface area contributed by atoms with Gasteiger partial charge < -0.3 is 0 Å². The second kappa shape index (κ2) is 7.76. The molecule has 0 radical (unpaired) electrons. The Kier molecular flexibility index (Phi) is 7.54. The van der Waals surface area contributed by atoms with Crippen LogP contribution in [-0.2, 0) is 6.42 Å². The van der Waals surface area contributed by atoms with Crippen LogP contribution >= 0.6 is 11.6 Å². The van der Waals surface area contributed by atoms with Crippen LogP contribution in [0.25, 0.3) is 0 Å². The molecular formula is C16H27Cl. The number of rotatable bonds is 3. The van der Waals surface area contributed by atoms with Crippen molar-refractivity contribution in [3.8, 4) is 0 Å². The molecule has 0 nitrogen and oxygen atoms in total. The highest BCUT2D eigenvalue weighted by atomic mass is 35.5. The Morgan fingerprint density at radius 3 is 1.53 bits per heavy atom. The van der Waals surface area contributed by atoms with Crippen molar-refractivity contribution in [2.24, 2.45) is 0 Å². The Labute approximate surface area is 112 Å². The molecule has 0 fully saturated rings. The second-order valence-electron chi connectivity index (χ2n) is 4.73. The minimum Gasteiger partial charge on any atom is -0.0843 e. The van der Waals surface area contributed by atoms with Crippen LogP contribution in [0.1, 0.15) is 77.0 Å². The van der Waals surface area contributed by atoms with Gasteiger partial charge in [0, 0.05) is 5.02 Å². The maximum atomic E-state index is 6.17. The number of hydrogen-bond donors (Lipinski definition) is 0. The fourth-order valence-corrected chi connectivity index (χ4v) is 2.35. The summed E-state index contributed by atoms with van der Waals surface area (Å²) < 4.78 is 0. The second-order valence-corrected chi connectivity index (χ2v) is 5.16. The molecule has 0 saturated carbocycles. The average molecular weight is 255 g/mol. The van der Waals surface area contributed by atoms with E-state index in [1.807, 2.05) is 13.8 Å². The van der Waals surface area contributed by atoms with E-state index in [-0.39, 0.29) is 0 Å². The Bertz CT molecular complexity index is 308. The topological polar surface area (TPSA) is 0 Å². The smallest absolute Gasteiger partial charge is 0.0411 e. The molecule has 98 valence electrons. The lowest BCUT2D eigenvalue weighted by Gasteiger charge is -2.19. The Morgan fingerprint density at radius 1 is 0.941 bits per heavy atom. The fourth-order valence-electron chi connectivity index (χ4n) is 2.12. The first kappa shape index (κ1) is 16.5. The van der Waals surface area contributed by atoms with E-state index in [4.69, 9.17) is 11.6 Å². The van der Waals surface area contributed by atoms with Crippen LogP contribution in [0.15, 0.2) is 12.1 Å². The quantitative estimate of drug-likeness (QED) is 0.605. The molecule has 0 aromatic heterocycles. The molecule has 0 aliphatic rings. The van der Waals surface area contributed by atoms with Gasteiger partial charge in [-0.2, -0.15) is 0 Å². The maximum absolute atomic E-state index is 6.17. The number of halogens is 1. The summed E-state index contributed by atoms with van der Waals surface area (Å²) in [5, 5.41) is 0.875. The van der Waals surface area contributed by atoms with Gasteiger partial charge in [-0.3, -0.25) is 0 Å². The summed E-state index contributed by atoms with van der Waals surface area (Å²) in [6, 6.07) is 4.24. The highest BCUT2D eigenvalue weighted by Gasteiger charge is 2.13. The van der Waals surface area contributed by atoms with Crippen molar-refractivity contribution in [3.05, 3.63) is 33.8 Å². The first-order valence-electron chi connectivity index (χ1n) is 6.79. The van der Waals surface area contributed by atoms with E-state index in [1.165, 1.54) is 16.7 Å². The lowest BCUT2D eigenvalue weighted by molar-refractivity contribution is 0.800. The van der Waals surface area contributed by atoms with Crippen molar-refractivity contribution in [1.29, 1.82) is 0 Å². The van der Waals surface area contributed by atoms with Gasteiger partial charge in [-0.05, 0) is 47.1 Å². The van der Waals surface area contributed by atoms with E-state index in [0.29, 0.717) is 11.8 Å². The normalized spacial score (nSPS) is 10.5. The third-order valence-electron chi connectivity index (χ3n) is 2.88. The summed E-state index contributed by atoms with van der Waals surface area (Å²) in [4.78, 5) is 0. The molecule has 17 heavy (non-hydrogen) atoms. The summed E-state index contributed by atoms with van der Waals surface area (Å²) in [6.45, 7) is 15.1. The Balaban J connectivity index is 0.00000121. The van der Waals surface area contributed by atoms with Crippen molar-refractivity contribution >= 4 is 11.6 Å². The lowest BCUT2D eigenvalue weighted by atomic mass is 9.87. The van der Waals surface area contributed by atoms with E-state index in [2.05, 4.69) is 46.8 Å². The van der Waals surface area contributed by atoms with Crippen molar-refractivity contribution in [2.75, 3.05) is 0 Å². The third kappa shape index (κ3) is 4.35. The van der Waals surface area contributed by atoms with E-state index in [0.717, 1.165) is 11.4 Å². The molecule has 0 amide bonds. The molecule has 0 aliphatic heterocycles. The summed E-state index contributed by atoms with van der Waals surface area (Å²) in [5.74, 6) is 1.10. The highest BCUT2D eigenvalue weighted by molar-refractivity contribution is 6.30. The molecule has 1 heteroatoms. The van der Waals surface area contributed by atoms with E-state index in [9.17, 15) is 0 Å². The van der Waals surface area contributed by atoms with Crippen LogP contribution in [0.5, 0.6) is 0 Å². The van der Waals surface area contributed by atoms with Crippen molar-refractivity contribution in [1.82, 2.24) is 0 Å². The van der Waals surface area contributed by atoms with Crippen molar-refractivity contribution in [3.63, 3.8) is 0 Å². The van der Waals surface area contributed by atoms with Gasteiger partial charge in [0.25, 0.3) is 0 Å². The zero-order chi connectivity index (χ0) is 13.6. The predicted octanol–water partition coefficient (Wildman–Crippen LogP) is 6.18. The SMILES string of the molecule is CC.CCc1c(C(C)C)cc(Cl)cc1C(C)C. The van der Waals surface area contributed by atoms with E-state index in [1.54, 1.807) is 0 Å². The van der Waals surface area contributed by atoms with Crippen LogP contribution < -0.4 is 0 Å². The molecule has 0 bridgehead atoms. The summed E-state index contributed by atoms with van der Waals surface area (Å²) >= 11 is 6.17. The van der Waals surface area contributed by atoms with Crippen LogP contribution in [0.4, 0.5) is 0 Å². The monoisotopic (exact) mass is 254 g/mol. The molecular weight excluding hydrogens is 228 g/mol. The first-order valence-corrected chi connectivity index (χ1v) is 7.17. The van der Waals surface area contributed by atoms with Crippen LogP contribution in [0.3, 0.4) is 0 Å². The highest BCUT2D eigenvalue weighted by Crippen LogP contribution is 2.31. The molecule has 0 heterocycles. The van der Waals surface area contributed by atoms with Gasteiger partial charge in [-0.15, -0.1) is 0 Å². The number of benzene rings is 1. The van der Waals surface area contributed by atoms with Crippen molar-refractivity contribution < 1.29 is 0 Å². The van der Waals surface area contributed by atoms with Gasteiger partial charge >= 0.3 is 0 Å². The van der Waals surface area contributed by atoms with Gasteiger partial charge in [0.1, 0.15) is 0 Å². The molecule has 1 aromatic rings. The van der Waals surface area contributed by atoms with Crippen molar-refractivity contribution in [2.45, 2.75) is 66.7 Å². The lowest BCUT2D eigenvalue weighted by Crippen LogP contribution is -2.02. The van der Waals surface area contributed by atoms with Gasteiger partial charge in [-0.25, -0.2) is 0 Å². The van der Waals surface area contributed by atoms with Gasteiger partial charge in [0.15, 0.2) is 0 Å². The van der Waals surface area contributed by atoms with Crippen LogP contribution in [0, 0.1) is 0 Å². The standard InChI is InChI=1S/C14H21Cl.C2H6/c1-6-12-13(9(2)3)7-11(15)8-14(12)10(4)5;1-2/h7-10H,6H2,1-5H3;1-2H3. The Hall–Kier alpha value is -0.490. The van der Waals surface area contributed by atoms with Gasteiger partial charge in [0.05, 0.1) is 0 Å². The minimum absolute atomic E-state index is 0.552. The third-order valence-corrected chi connectivity index (χ3v) is 3.10. The van der Waals surface area contributed by atoms with Crippen LogP contribution in [-0.4, -0.2) is 0 Å². The van der Waals surface area contributed by atoms with Gasteiger partial charge in [-0.1, -0.05) is 60.1 Å². The Morgan fingerprint density at radius 2 is 1.29 bits per heavy atom. The number of hydrogen-bond acceptors (Lipinski definition) is 0. The zero-order valence-corrected chi connectivity index (χ0v) is 13.2. The molecule has 0 unspecified atom stereocenters. The summed E-state index contributed by atoms with van der Waals surface area (Å²) in [5.41, 5.74) is 4.31. The molecule has 0 saturated heterocycles. The average Bonchev–Trinajstić information content (AvgIpc) is 2.30. The molecule has 1 aromatic carbocycles. The largest absolute Gasteiger partial charge is 0.0843 e. The molecule has 0 spiro atoms. The fraction of sp³-hybridized carbons (Fsp3) is 0.625. The predicted molar refractivity (Wildman–Crippen MR) is 80.4 cm³/mol. The van der Waals surface area contributed by atoms with E-state index < -0.39 is 0 Å². The van der Waals surface area contributed by atoms with E-state index >= 15 is 0 Å².